The van der Waals surface area contributed by atoms with Crippen LogP contribution in [0.4, 0.5) is 0 Å². The van der Waals surface area contributed by atoms with Gasteiger partial charge in [0.15, 0.2) is 0 Å². The fourth-order valence-corrected chi connectivity index (χ4v) is 2.65. The number of carbonyl (C=O) groups is 1. The number of aliphatic carboxylic acids is 1. The minimum absolute atomic E-state index is 0.661. The average molecular weight is 262 g/mol. The third kappa shape index (κ3) is 1.58. The van der Waals surface area contributed by atoms with Crippen LogP contribution in [0.1, 0.15) is 25.0 Å². The molecule has 3 nitrogen and oxygen atoms in total. The van der Waals surface area contributed by atoms with Crippen molar-refractivity contribution in [2.45, 2.75) is 24.7 Å². The highest BCUT2D eigenvalue weighted by Gasteiger charge is 2.47. The molecule has 0 bridgehead atoms. The summed E-state index contributed by atoms with van der Waals surface area (Å²) in [6.45, 7) is 0. The highest BCUT2D eigenvalue weighted by atomic mass is 35.5. The zero-order valence-electron chi connectivity index (χ0n) is 9.69. The molecule has 1 saturated carbocycles. The lowest BCUT2D eigenvalue weighted by atomic mass is 9.66. The zero-order valence-corrected chi connectivity index (χ0v) is 10.4. The van der Waals surface area contributed by atoms with Crippen molar-refractivity contribution in [3.63, 3.8) is 0 Å². The van der Waals surface area contributed by atoms with Gasteiger partial charge >= 0.3 is 5.97 Å². The second-order valence-electron chi connectivity index (χ2n) is 4.77. The maximum atomic E-state index is 11.4. The van der Waals surface area contributed by atoms with Crippen molar-refractivity contribution in [1.82, 2.24) is 4.98 Å². The summed E-state index contributed by atoms with van der Waals surface area (Å²) in [7, 11) is 0. The summed E-state index contributed by atoms with van der Waals surface area (Å²) in [5.41, 5.74) is 0.689. The first-order chi connectivity index (χ1) is 8.62. The molecule has 1 aromatic heterocycles. The number of halogens is 1. The number of carboxylic acid groups (broad SMARTS) is 1. The van der Waals surface area contributed by atoms with Crippen molar-refractivity contribution in [3.05, 3.63) is 41.0 Å². The molecule has 1 aromatic carbocycles. The third-order valence-electron chi connectivity index (χ3n) is 3.76. The summed E-state index contributed by atoms with van der Waals surface area (Å²) in [4.78, 5) is 15.9. The average Bonchev–Trinajstić information content (AvgIpc) is 2.27. The molecule has 1 fully saturated rings. The topological polar surface area (TPSA) is 50.2 Å². The molecule has 0 amide bonds. The van der Waals surface area contributed by atoms with Crippen molar-refractivity contribution in [2.24, 2.45) is 0 Å². The molecule has 1 N–H and O–H groups in total. The molecule has 3 rings (SSSR count). The van der Waals surface area contributed by atoms with Crippen LogP contribution in [0.15, 0.2) is 30.3 Å². The van der Waals surface area contributed by atoms with E-state index in [2.05, 4.69) is 4.98 Å². The Morgan fingerprint density at radius 2 is 2.06 bits per heavy atom. The van der Waals surface area contributed by atoms with E-state index in [1.807, 2.05) is 24.3 Å². The lowest BCUT2D eigenvalue weighted by Crippen LogP contribution is -2.43. The van der Waals surface area contributed by atoms with E-state index in [4.69, 9.17) is 11.6 Å². The first kappa shape index (κ1) is 11.5. The van der Waals surface area contributed by atoms with E-state index < -0.39 is 11.4 Å². The highest BCUT2D eigenvalue weighted by molar-refractivity contribution is 6.31. The van der Waals surface area contributed by atoms with Crippen LogP contribution in [0, 0.1) is 0 Å². The summed E-state index contributed by atoms with van der Waals surface area (Å²) < 4.78 is 0. The van der Waals surface area contributed by atoms with Gasteiger partial charge in [-0.15, -0.1) is 0 Å². The molecule has 92 valence electrons. The Bertz CT molecular complexity index is 635. The molecule has 4 heteroatoms. The van der Waals surface area contributed by atoms with Crippen LogP contribution in [-0.4, -0.2) is 16.1 Å². The molecular weight excluding hydrogens is 250 g/mol. The van der Waals surface area contributed by atoms with Gasteiger partial charge in [0.25, 0.3) is 0 Å². The van der Waals surface area contributed by atoms with Crippen molar-refractivity contribution in [3.8, 4) is 0 Å². The summed E-state index contributed by atoms with van der Waals surface area (Å²) in [5.74, 6) is -0.769. The summed E-state index contributed by atoms with van der Waals surface area (Å²) in [5, 5.41) is 11.0. The standard InChI is InChI=1S/C14H12ClNO2/c15-10-3-4-11-9(8-10)2-5-12(16-11)14(13(17)18)6-1-7-14/h2-5,8H,1,6-7H2,(H,17,18). The highest BCUT2D eigenvalue weighted by Crippen LogP contribution is 2.43. The van der Waals surface area contributed by atoms with Crippen LogP contribution in [0.5, 0.6) is 0 Å². The number of fused-ring (bicyclic) bond motifs is 1. The molecule has 1 aliphatic rings. The smallest absolute Gasteiger partial charge is 0.315 e. The van der Waals surface area contributed by atoms with Crippen LogP contribution in [0.25, 0.3) is 10.9 Å². The molecule has 0 aliphatic heterocycles. The second kappa shape index (κ2) is 3.95. The number of hydrogen-bond donors (Lipinski definition) is 1. The molecule has 1 heterocycles. The van der Waals surface area contributed by atoms with Crippen molar-refractivity contribution >= 4 is 28.5 Å². The van der Waals surface area contributed by atoms with Gasteiger partial charge in [-0.25, -0.2) is 0 Å². The van der Waals surface area contributed by atoms with Gasteiger partial charge in [0.2, 0.25) is 0 Å². The summed E-state index contributed by atoms with van der Waals surface area (Å²) in [6.07, 6.45) is 2.30. The van der Waals surface area contributed by atoms with Gasteiger partial charge in [0.1, 0.15) is 5.41 Å². The van der Waals surface area contributed by atoms with Gasteiger partial charge < -0.3 is 5.11 Å². The molecule has 18 heavy (non-hydrogen) atoms. The molecule has 0 spiro atoms. The number of pyridine rings is 1. The van der Waals surface area contributed by atoms with Crippen LogP contribution in [0.2, 0.25) is 5.02 Å². The van der Waals surface area contributed by atoms with Crippen molar-refractivity contribution < 1.29 is 9.90 Å². The van der Waals surface area contributed by atoms with Gasteiger partial charge in [-0.1, -0.05) is 24.1 Å². The molecule has 0 atom stereocenters. The Balaban J connectivity index is 2.13. The van der Waals surface area contributed by atoms with E-state index in [0.29, 0.717) is 23.6 Å². The van der Waals surface area contributed by atoms with E-state index in [9.17, 15) is 9.90 Å². The van der Waals surface area contributed by atoms with Crippen LogP contribution < -0.4 is 0 Å². The molecular formula is C14H12ClNO2. The third-order valence-corrected chi connectivity index (χ3v) is 3.99. The SMILES string of the molecule is O=C(O)C1(c2ccc3cc(Cl)ccc3n2)CCC1. The van der Waals surface area contributed by atoms with Crippen molar-refractivity contribution in [2.75, 3.05) is 0 Å². The Morgan fingerprint density at radius 1 is 1.28 bits per heavy atom. The lowest BCUT2D eigenvalue weighted by Gasteiger charge is -2.37. The Labute approximate surface area is 109 Å². The first-order valence-electron chi connectivity index (χ1n) is 5.92. The predicted molar refractivity (Wildman–Crippen MR) is 69.9 cm³/mol. The fourth-order valence-electron chi connectivity index (χ4n) is 2.47. The van der Waals surface area contributed by atoms with E-state index in [1.165, 1.54) is 0 Å². The van der Waals surface area contributed by atoms with Gasteiger partial charge in [-0.05, 0) is 37.1 Å². The fraction of sp³-hybridized carbons (Fsp3) is 0.286. The summed E-state index contributed by atoms with van der Waals surface area (Å²) in [6, 6.07) is 9.14. The van der Waals surface area contributed by atoms with E-state index in [1.54, 1.807) is 6.07 Å². The number of benzene rings is 1. The van der Waals surface area contributed by atoms with Gasteiger partial charge in [0.05, 0.1) is 11.2 Å². The van der Waals surface area contributed by atoms with Gasteiger partial charge in [0, 0.05) is 10.4 Å². The minimum atomic E-state index is -0.770. The maximum Gasteiger partial charge on any atom is 0.315 e. The maximum absolute atomic E-state index is 11.4. The van der Waals surface area contributed by atoms with Crippen LogP contribution in [-0.2, 0) is 10.2 Å². The summed E-state index contributed by atoms with van der Waals surface area (Å²) >= 11 is 5.92. The number of hydrogen-bond acceptors (Lipinski definition) is 2. The van der Waals surface area contributed by atoms with Gasteiger partial charge in [-0.3, -0.25) is 9.78 Å². The number of carboxylic acids is 1. The number of rotatable bonds is 2. The van der Waals surface area contributed by atoms with Crippen LogP contribution >= 0.6 is 11.6 Å². The molecule has 0 saturated heterocycles. The lowest BCUT2D eigenvalue weighted by molar-refractivity contribution is -0.147. The second-order valence-corrected chi connectivity index (χ2v) is 5.21. The molecule has 1 aliphatic carbocycles. The minimum Gasteiger partial charge on any atom is -0.481 e. The largest absolute Gasteiger partial charge is 0.481 e. The van der Waals surface area contributed by atoms with E-state index in [-0.39, 0.29) is 0 Å². The number of nitrogens with zero attached hydrogens (tertiary/aromatic N) is 1. The molecule has 2 aromatic rings. The Hall–Kier alpha value is -1.61. The quantitative estimate of drug-likeness (QED) is 0.901. The zero-order chi connectivity index (χ0) is 12.8. The van der Waals surface area contributed by atoms with E-state index in [0.717, 1.165) is 17.3 Å². The predicted octanol–water partition coefficient (Wildman–Crippen LogP) is 3.39. The number of aromatic nitrogens is 1. The monoisotopic (exact) mass is 261 g/mol. The Morgan fingerprint density at radius 3 is 2.67 bits per heavy atom. The van der Waals surface area contributed by atoms with Crippen LogP contribution in [0.3, 0.4) is 0 Å². The molecule has 0 unspecified atom stereocenters. The van der Waals surface area contributed by atoms with Crippen molar-refractivity contribution in [1.29, 1.82) is 0 Å². The normalized spacial score (nSPS) is 17.4. The van der Waals surface area contributed by atoms with E-state index >= 15 is 0 Å². The first-order valence-corrected chi connectivity index (χ1v) is 6.30. The molecule has 0 radical (unpaired) electrons. The Kier molecular flexibility index (Phi) is 2.52. The van der Waals surface area contributed by atoms with Gasteiger partial charge in [-0.2, -0.15) is 0 Å².